The van der Waals surface area contributed by atoms with Gasteiger partial charge in [0.2, 0.25) is 0 Å². The van der Waals surface area contributed by atoms with Crippen LogP contribution in [0.4, 0.5) is 0 Å². The first-order chi connectivity index (χ1) is 12.2. The van der Waals surface area contributed by atoms with Crippen LogP contribution in [0.15, 0.2) is 59.9 Å². The molecule has 3 rings (SSSR count). The quantitative estimate of drug-likeness (QED) is 0.387. The zero-order chi connectivity index (χ0) is 17.6. The van der Waals surface area contributed by atoms with Gasteiger partial charge in [0, 0.05) is 5.75 Å². The molecule has 0 aliphatic rings. The van der Waals surface area contributed by atoms with E-state index in [-0.39, 0.29) is 0 Å². The number of ether oxygens (including phenoxy) is 2. The lowest BCUT2D eigenvalue weighted by atomic mass is 10.2. The van der Waals surface area contributed by atoms with Gasteiger partial charge < -0.3 is 9.47 Å². The molecule has 0 atom stereocenters. The lowest BCUT2D eigenvalue weighted by Crippen LogP contribution is -1.97. The van der Waals surface area contributed by atoms with E-state index in [4.69, 9.17) is 32.7 Å². The molecular formula is C18H14Cl2N2O2S. The molecule has 0 saturated carbocycles. The summed E-state index contributed by atoms with van der Waals surface area (Å²) < 4.78 is 11.1. The molecule has 0 amide bonds. The molecule has 0 bridgehead atoms. The third kappa shape index (κ3) is 4.78. The molecule has 0 fully saturated rings. The molecule has 0 unspecified atom stereocenters. The van der Waals surface area contributed by atoms with E-state index in [0.29, 0.717) is 38.3 Å². The summed E-state index contributed by atoms with van der Waals surface area (Å²) in [7, 11) is 1.55. The molecule has 0 aliphatic carbocycles. The van der Waals surface area contributed by atoms with Crippen molar-refractivity contribution in [2.24, 2.45) is 0 Å². The number of methoxy groups -OCH3 is 1. The van der Waals surface area contributed by atoms with Crippen molar-refractivity contribution in [3.8, 4) is 17.4 Å². The Morgan fingerprint density at radius 1 is 1.04 bits per heavy atom. The molecule has 0 N–H and O–H groups in total. The van der Waals surface area contributed by atoms with Gasteiger partial charge in [-0.25, -0.2) is 4.98 Å². The second kappa shape index (κ2) is 8.43. The standard InChI is InChI=1S/C18H14Cl2N2O2S/c1-23-16-10-21-18(22-17(16)24-13-5-3-2-4-6-13)25-11-12-7-8-14(19)15(20)9-12/h2-10H,11H2,1H3. The molecule has 128 valence electrons. The highest BCUT2D eigenvalue weighted by atomic mass is 35.5. The van der Waals surface area contributed by atoms with Gasteiger partial charge >= 0.3 is 0 Å². The zero-order valence-electron chi connectivity index (χ0n) is 13.3. The SMILES string of the molecule is COc1cnc(SCc2ccc(Cl)c(Cl)c2)nc1Oc1ccccc1. The highest BCUT2D eigenvalue weighted by molar-refractivity contribution is 7.98. The van der Waals surface area contributed by atoms with E-state index in [0.717, 1.165) is 5.56 Å². The first-order valence-corrected chi connectivity index (χ1v) is 9.10. The normalized spacial score (nSPS) is 10.5. The van der Waals surface area contributed by atoms with E-state index in [1.54, 1.807) is 19.4 Å². The van der Waals surface area contributed by atoms with Crippen LogP contribution in [-0.4, -0.2) is 17.1 Å². The van der Waals surface area contributed by atoms with Gasteiger partial charge in [-0.2, -0.15) is 4.98 Å². The first-order valence-electron chi connectivity index (χ1n) is 7.36. The number of hydrogen-bond donors (Lipinski definition) is 0. The van der Waals surface area contributed by atoms with Crippen molar-refractivity contribution in [3.05, 3.63) is 70.3 Å². The highest BCUT2D eigenvalue weighted by Crippen LogP contribution is 2.32. The number of halogens is 2. The molecule has 0 saturated heterocycles. The molecule has 3 aromatic rings. The smallest absolute Gasteiger partial charge is 0.266 e. The minimum Gasteiger partial charge on any atom is -0.490 e. The van der Waals surface area contributed by atoms with Gasteiger partial charge in [-0.15, -0.1) is 0 Å². The van der Waals surface area contributed by atoms with Crippen molar-refractivity contribution in [1.82, 2.24) is 9.97 Å². The topological polar surface area (TPSA) is 44.2 Å². The zero-order valence-corrected chi connectivity index (χ0v) is 15.6. The van der Waals surface area contributed by atoms with Crippen LogP contribution in [0.2, 0.25) is 10.0 Å². The summed E-state index contributed by atoms with van der Waals surface area (Å²) in [6, 6.07) is 14.9. The van der Waals surface area contributed by atoms with Crippen LogP contribution in [0.25, 0.3) is 0 Å². The van der Waals surface area contributed by atoms with Crippen molar-refractivity contribution in [1.29, 1.82) is 0 Å². The third-order valence-electron chi connectivity index (χ3n) is 3.23. The van der Waals surface area contributed by atoms with Gasteiger partial charge in [-0.1, -0.05) is 59.2 Å². The molecule has 1 aromatic heterocycles. The second-order valence-corrected chi connectivity index (χ2v) is 6.74. The van der Waals surface area contributed by atoms with Crippen LogP contribution in [0, 0.1) is 0 Å². The van der Waals surface area contributed by atoms with Gasteiger partial charge in [0.05, 0.1) is 23.4 Å². The van der Waals surface area contributed by atoms with E-state index >= 15 is 0 Å². The summed E-state index contributed by atoms with van der Waals surface area (Å²) in [6.45, 7) is 0. The number of thioether (sulfide) groups is 1. The van der Waals surface area contributed by atoms with E-state index in [1.165, 1.54) is 11.8 Å². The fourth-order valence-electron chi connectivity index (χ4n) is 2.00. The van der Waals surface area contributed by atoms with Crippen LogP contribution in [-0.2, 0) is 5.75 Å². The maximum absolute atomic E-state index is 6.04. The van der Waals surface area contributed by atoms with Crippen LogP contribution in [0.1, 0.15) is 5.56 Å². The van der Waals surface area contributed by atoms with Gasteiger partial charge in [-0.3, -0.25) is 0 Å². The first kappa shape index (κ1) is 17.9. The number of para-hydroxylation sites is 1. The van der Waals surface area contributed by atoms with Crippen molar-refractivity contribution in [3.63, 3.8) is 0 Å². The van der Waals surface area contributed by atoms with Crippen molar-refractivity contribution >= 4 is 35.0 Å². The minimum atomic E-state index is 0.375. The Bertz CT molecular complexity index is 863. The Morgan fingerprint density at radius 2 is 1.84 bits per heavy atom. The number of benzene rings is 2. The summed E-state index contributed by atoms with van der Waals surface area (Å²) in [4.78, 5) is 8.73. The Hall–Kier alpha value is -1.95. The van der Waals surface area contributed by atoms with Crippen LogP contribution < -0.4 is 9.47 Å². The Labute approximate surface area is 160 Å². The molecule has 7 heteroatoms. The minimum absolute atomic E-state index is 0.375. The average Bonchev–Trinajstić information content (AvgIpc) is 2.64. The number of nitrogens with zero attached hydrogens (tertiary/aromatic N) is 2. The Balaban J connectivity index is 1.75. The molecule has 0 radical (unpaired) electrons. The molecule has 0 spiro atoms. The second-order valence-electron chi connectivity index (χ2n) is 4.98. The lowest BCUT2D eigenvalue weighted by molar-refractivity contribution is 0.363. The molecular weight excluding hydrogens is 379 g/mol. The fourth-order valence-corrected chi connectivity index (χ4v) is 3.07. The molecule has 2 aromatic carbocycles. The maximum atomic E-state index is 6.04. The van der Waals surface area contributed by atoms with Crippen molar-refractivity contribution < 1.29 is 9.47 Å². The van der Waals surface area contributed by atoms with E-state index in [9.17, 15) is 0 Å². The Morgan fingerprint density at radius 3 is 2.56 bits per heavy atom. The third-order valence-corrected chi connectivity index (χ3v) is 4.90. The van der Waals surface area contributed by atoms with Crippen molar-refractivity contribution in [2.75, 3.05) is 7.11 Å². The summed E-state index contributed by atoms with van der Waals surface area (Å²) in [5, 5.41) is 1.65. The summed E-state index contributed by atoms with van der Waals surface area (Å²) in [5.74, 6) is 2.19. The fraction of sp³-hybridized carbons (Fsp3) is 0.111. The number of rotatable bonds is 6. The predicted octanol–water partition coefficient (Wildman–Crippen LogP) is 5.88. The molecule has 0 aliphatic heterocycles. The van der Waals surface area contributed by atoms with Gasteiger partial charge in [0.25, 0.3) is 5.88 Å². The maximum Gasteiger partial charge on any atom is 0.266 e. The predicted molar refractivity (Wildman–Crippen MR) is 101 cm³/mol. The van der Waals surface area contributed by atoms with E-state index < -0.39 is 0 Å². The summed E-state index contributed by atoms with van der Waals surface area (Å²) in [5.41, 5.74) is 1.03. The molecule has 25 heavy (non-hydrogen) atoms. The van der Waals surface area contributed by atoms with Crippen LogP contribution in [0.3, 0.4) is 0 Å². The Kier molecular flexibility index (Phi) is 6.02. The lowest BCUT2D eigenvalue weighted by Gasteiger charge is -2.10. The van der Waals surface area contributed by atoms with Gasteiger partial charge in [0.1, 0.15) is 5.75 Å². The summed E-state index contributed by atoms with van der Waals surface area (Å²) >= 11 is 13.4. The van der Waals surface area contributed by atoms with Crippen LogP contribution >= 0.6 is 35.0 Å². The summed E-state index contributed by atoms with van der Waals surface area (Å²) in [6.07, 6.45) is 1.60. The van der Waals surface area contributed by atoms with E-state index in [1.807, 2.05) is 42.5 Å². The monoisotopic (exact) mass is 392 g/mol. The number of aromatic nitrogens is 2. The average molecular weight is 393 g/mol. The number of hydrogen-bond acceptors (Lipinski definition) is 5. The van der Waals surface area contributed by atoms with Crippen LogP contribution in [0.5, 0.6) is 17.4 Å². The van der Waals surface area contributed by atoms with Crippen molar-refractivity contribution in [2.45, 2.75) is 10.9 Å². The largest absolute Gasteiger partial charge is 0.490 e. The van der Waals surface area contributed by atoms with Gasteiger partial charge in [0.15, 0.2) is 10.9 Å². The molecule has 1 heterocycles. The van der Waals surface area contributed by atoms with Gasteiger partial charge in [-0.05, 0) is 29.8 Å². The highest BCUT2D eigenvalue weighted by Gasteiger charge is 2.11. The molecule has 4 nitrogen and oxygen atoms in total. The van der Waals surface area contributed by atoms with E-state index in [2.05, 4.69) is 9.97 Å².